The molecule has 0 aromatic heterocycles. The lowest BCUT2D eigenvalue weighted by atomic mass is 10.1. The summed E-state index contributed by atoms with van der Waals surface area (Å²) in [4.78, 5) is 0. The molecule has 1 aromatic carbocycles. The summed E-state index contributed by atoms with van der Waals surface area (Å²) in [5.41, 5.74) is 2.40. The van der Waals surface area contributed by atoms with Crippen molar-refractivity contribution in [2.24, 2.45) is 0 Å². The number of hydrogen-bond acceptors (Lipinski definition) is 0. The van der Waals surface area contributed by atoms with Crippen molar-refractivity contribution >= 4 is 45.8 Å². The summed E-state index contributed by atoms with van der Waals surface area (Å²) in [7, 11) is 0. The molecule has 0 spiro atoms. The van der Waals surface area contributed by atoms with Gasteiger partial charge in [0.2, 0.25) is 0 Å². The Labute approximate surface area is 90.0 Å². The van der Waals surface area contributed by atoms with Crippen LogP contribution in [0.25, 0.3) is 0 Å². The van der Waals surface area contributed by atoms with E-state index in [0.29, 0.717) is 5.88 Å². The molecule has 0 bridgehead atoms. The second-order valence-corrected chi connectivity index (χ2v) is 3.65. The van der Waals surface area contributed by atoms with E-state index in [1.54, 1.807) is 0 Å². The SMILES string of the molecule is ClCc1cc(Cl)ccc1CI. The van der Waals surface area contributed by atoms with E-state index >= 15 is 0 Å². The smallest absolute Gasteiger partial charge is 0.0477 e. The van der Waals surface area contributed by atoms with Gasteiger partial charge in [-0.3, -0.25) is 0 Å². The van der Waals surface area contributed by atoms with Crippen LogP contribution in [0.15, 0.2) is 18.2 Å². The first-order chi connectivity index (χ1) is 5.27. The molecule has 1 aromatic rings. The summed E-state index contributed by atoms with van der Waals surface area (Å²) in [6, 6.07) is 5.83. The summed E-state index contributed by atoms with van der Waals surface area (Å²) in [6.45, 7) is 0. The van der Waals surface area contributed by atoms with Gasteiger partial charge in [0.1, 0.15) is 0 Å². The highest BCUT2D eigenvalue weighted by Gasteiger charge is 1.99. The average Bonchev–Trinajstić information content (AvgIpc) is 2.04. The van der Waals surface area contributed by atoms with Crippen LogP contribution in [0.3, 0.4) is 0 Å². The maximum Gasteiger partial charge on any atom is 0.0477 e. The molecule has 1 rings (SSSR count). The highest BCUT2D eigenvalue weighted by atomic mass is 127. The van der Waals surface area contributed by atoms with Crippen molar-refractivity contribution < 1.29 is 0 Å². The van der Waals surface area contributed by atoms with Crippen molar-refractivity contribution in [1.82, 2.24) is 0 Å². The minimum absolute atomic E-state index is 0.541. The number of rotatable bonds is 2. The molecule has 11 heavy (non-hydrogen) atoms. The molecular formula is C8H7Cl2I. The van der Waals surface area contributed by atoms with Gasteiger partial charge in [0, 0.05) is 15.3 Å². The molecule has 0 amide bonds. The van der Waals surface area contributed by atoms with Crippen molar-refractivity contribution in [2.45, 2.75) is 10.3 Å². The Bertz CT molecular complexity index is 248. The Morgan fingerprint density at radius 2 is 2.00 bits per heavy atom. The molecule has 0 radical (unpaired) electrons. The largest absolute Gasteiger partial charge is 0.122 e. The minimum Gasteiger partial charge on any atom is -0.122 e. The maximum atomic E-state index is 5.79. The van der Waals surface area contributed by atoms with Crippen LogP contribution in [0.1, 0.15) is 11.1 Å². The predicted octanol–water partition coefficient (Wildman–Crippen LogP) is 4.01. The summed E-state index contributed by atoms with van der Waals surface area (Å²) >= 11 is 13.8. The first kappa shape index (κ1) is 9.62. The molecule has 0 heterocycles. The van der Waals surface area contributed by atoms with Gasteiger partial charge in [-0.15, -0.1) is 11.6 Å². The molecular weight excluding hydrogens is 294 g/mol. The van der Waals surface area contributed by atoms with Crippen LogP contribution in [0.5, 0.6) is 0 Å². The first-order valence-corrected chi connectivity index (χ1v) is 5.61. The first-order valence-electron chi connectivity index (χ1n) is 3.17. The maximum absolute atomic E-state index is 5.79. The molecule has 0 aliphatic carbocycles. The van der Waals surface area contributed by atoms with Crippen molar-refractivity contribution in [1.29, 1.82) is 0 Å². The number of alkyl halides is 2. The van der Waals surface area contributed by atoms with E-state index in [9.17, 15) is 0 Å². The third kappa shape index (κ3) is 2.49. The lowest BCUT2D eigenvalue weighted by Gasteiger charge is -2.02. The van der Waals surface area contributed by atoms with E-state index in [-0.39, 0.29) is 0 Å². The van der Waals surface area contributed by atoms with Crippen LogP contribution < -0.4 is 0 Å². The molecule has 0 nitrogen and oxygen atoms in total. The fourth-order valence-electron chi connectivity index (χ4n) is 0.849. The fraction of sp³-hybridized carbons (Fsp3) is 0.250. The van der Waals surface area contributed by atoms with Crippen LogP contribution in [0.4, 0.5) is 0 Å². The normalized spacial score (nSPS) is 10.1. The van der Waals surface area contributed by atoms with Gasteiger partial charge in [0.25, 0.3) is 0 Å². The third-order valence-corrected chi connectivity index (χ3v) is 2.80. The van der Waals surface area contributed by atoms with E-state index in [4.69, 9.17) is 23.2 Å². The van der Waals surface area contributed by atoms with Crippen LogP contribution in [-0.2, 0) is 10.3 Å². The summed E-state index contributed by atoms with van der Waals surface area (Å²) in [5, 5.41) is 0.759. The molecule has 3 heteroatoms. The van der Waals surface area contributed by atoms with Crippen LogP contribution in [0.2, 0.25) is 5.02 Å². The van der Waals surface area contributed by atoms with Crippen molar-refractivity contribution in [3.05, 3.63) is 34.3 Å². The Morgan fingerprint density at radius 3 is 2.55 bits per heavy atom. The number of halogens is 3. The van der Waals surface area contributed by atoms with E-state index < -0.39 is 0 Å². The standard InChI is InChI=1S/C8H7Cl2I/c9-4-7-3-8(10)2-1-6(7)5-11/h1-3H,4-5H2. The lowest BCUT2D eigenvalue weighted by molar-refractivity contribution is 1.29. The average molecular weight is 301 g/mol. The van der Waals surface area contributed by atoms with E-state index in [1.807, 2.05) is 18.2 Å². The summed E-state index contributed by atoms with van der Waals surface area (Å²) in [6.07, 6.45) is 0. The van der Waals surface area contributed by atoms with Crippen molar-refractivity contribution in [3.8, 4) is 0 Å². The van der Waals surface area contributed by atoms with Gasteiger partial charge in [-0.05, 0) is 23.3 Å². The van der Waals surface area contributed by atoms with Gasteiger partial charge in [0.05, 0.1) is 0 Å². The topological polar surface area (TPSA) is 0 Å². The highest BCUT2D eigenvalue weighted by molar-refractivity contribution is 14.1. The predicted molar refractivity (Wildman–Crippen MR) is 58.7 cm³/mol. The third-order valence-electron chi connectivity index (χ3n) is 1.46. The quantitative estimate of drug-likeness (QED) is 0.572. The van der Waals surface area contributed by atoms with E-state index in [2.05, 4.69) is 22.6 Å². The summed E-state index contributed by atoms with van der Waals surface area (Å²) < 4.78 is 0.983. The van der Waals surface area contributed by atoms with Crippen LogP contribution >= 0.6 is 45.8 Å². The Morgan fingerprint density at radius 1 is 1.27 bits per heavy atom. The molecule has 0 aliphatic rings. The zero-order valence-electron chi connectivity index (χ0n) is 5.78. The molecule has 60 valence electrons. The Hall–Kier alpha value is 0.530. The second kappa shape index (κ2) is 4.53. The molecule has 0 saturated heterocycles. The monoisotopic (exact) mass is 300 g/mol. The Kier molecular flexibility index (Phi) is 3.96. The van der Waals surface area contributed by atoms with Gasteiger partial charge in [-0.25, -0.2) is 0 Å². The summed E-state index contributed by atoms with van der Waals surface area (Å²) in [5.74, 6) is 0.541. The zero-order chi connectivity index (χ0) is 8.27. The Balaban J connectivity index is 3.06. The van der Waals surface area contributed by atoms with Gasteiger partial charge < -0.3 is 0 Å². The zero-order valence-corrected chi connectivity index (χ0v) is 9.45. The molecule has 0 unspecified atom stereocenters. The van der Waals surface area contributed by atoms with Crippen LogP contribution in [-0.4, -0.2) is 0 Å². The number of hydrogen-bond donors (Lipinski definition) is 0. The lowest BCUT2D eigenvalue weighted by Crippen LogP contribution is -1.86. The van der Waals surface area contributed by atoms with Gasteiger partial charge in [-0.2, -0.15) is 0 Å². The van der Waals surface area contributed by atoms with Gasteiger partial charge in [0.15, 0.2) is 0 Å². The molecule has 0 saturated carbocycles. The number of benzene rings is 1. The van der Waals surface area contributed by atoms with E-state index in [0.717, 1.165) is 15.0 Å². The molecule has 0 aliphatic heterocycles. The second-order valence-electron chi connectivity index (χ2n) is 2.18. The highest BCUT2D eigenvalue weighted by Crippen LogP contribution is 2.19. The molecule has 0 atom stereocenters. The minimum atomic E-state index is 0.541. The van der Waals surface area contributed by atoms with Gasteiger partial charge >= 0.3 is 0 Å². The molecule has 0 N–H and O–H groups in total. The van der Waals surface area contributed by atoms with Crippen LogP contribution in [0, 0.1) is 0 Å². The van der Waals surface area contributed by atoms with Crippen molar-refractivity contribution in [3.63, 3.8) is 0 Å². The fourth-order valence-corrected chi connectivity index (χ4v) is 2.04. The molecule has 0 fully saturated rings. The van der Waals surface area contributed by atoms with Gasteiger partial charge in [-0.1, -0.05) is 40.3 Å². The van der Waals surface area contributed by atoms with E-state index in [1.165, 1.54) is 5.56 Å². The van der Waals surface area contributed by atoms with Crippen molar-refractivity contribution in [2.75, 3.05) is 0 Å².